The molecule has 3 rings (SSSR count). The van der Waals surface area contributed by atoms with Gasteiger partial charge in [0.1, 0.15) is 0 Å². The maximum absolute atomic E-state index is 5.59. The number of guanidine groups is 1. The Hall–Kier alpha value is -1.89. The average molecular weight is 400 g/mol. The van der Waals surface area contributed by atoms with Crippen molar-refractivity contribution in [2.24, 2.45) is 4.99 Å². The highest BCUT2D eigenvalue weighted by molar-refractivity contribution is 5.80. The summed E-state index contributed by atoms with van der Waals surface area (Å²) >= 11 is 0. The first kappa shape index (κ1) is 21.8. The van der Waals surface area contributed by atoms with Gasteiger partial charge in [-0.15, -0.1) is 0 Å². The quantitative estimate of drug-likeness (QED) is 0.586. The molecule has 6 heteroatoms. The maximum atomic E-state index is 5.59. The lowest BCUT2D eigenvalue weighted by Gasteiger charge is -2.44. The van der Waals surface area contributed by atoms with E-state index in [2.05, 4.69) is 81.6 Å². The number of hydrogen-bond acceptors (Lipinski definition) is 4. The number of hydrogen-bond donors (Lipinski definition) is 1. The molecule has 1 aromatic carbocycles. The van der Waals surface area contributed by atoms with E-state index >= 15 is 0 Å². The van der Waals surface area contributed by atoms with E-state index in [1.54, 1.807) is 0 Å². The van der Waals surface area contributed by atoms with Crippen molar-refractivity contribution in [3.63, 3.8) is 0 Å². The SMILES string of the molecule is CN=C(NCC1(N(C)C)CCOCC1)N1CCN(C/C=C/c2ccccc2)CC1. The van der Waals surface area contributed by atoms with Crippen LogP contribution in [0.3, 0.4) is 0 Å². The number of benzene rings is 1. The second kappa shape index (κ2) is 10.8. The van der Waals surface area contributed by atoms with Gasteiger partial charge >= 0.3 is 0 Å². The third-order valence-corrected chi connectivity index (χ3v) is 6.30. The summed E-state index contributed by atoms with van der Waals surface area (Å²) in [6.07, 6.45) is 6.60. The highest BCUT2D eigenvalue weighted by Crippen LogP contribution is 2.25. The molecule has 2 aliphatic heterocycles. The zero-order chi connectivity index (χ0) is 20.5. The number of rotatable bonds is 6. The summed E-state index contributed by atoms with van der Waals surface area (Å²) in [6, 6.07) is 10.5. The summed E-state index contributed by atoms with van der Waals surface area (Å²) in [4.78, 5) is 11.8. The van der Waals surface area contributed by atoms with Crippen molar-refractivity contribution < 1.29 is 4.74 Å². The molecule has 0 aliphatic carbocycles. The van der Waals surface area contributed by atoms with Gasteiger partial charge in [-0.1, -0.05) is 42.5 Å². The summed E-state index contributed by atoms with van der Waals surface area (Å²) in [5.74, 6) is 1.03. The highest BCUT2D eigenvalue weighted by atomic mass is 16.5. The molecule has 0 amide bonds. The number of aliphatic imine (C=N–C) groups is 1. The van der Waals surface area contributed by atoms with Gasteiger partial charge in [0.15, 0.2) is 5.96 Å². The largest absolute Gasteiger partial charge is 0.381 e. The second-order valence-corrected chi connectivity index (χ2v) is 8.23. The van der Waals surface area contributed by atoms with E-state index in [-0.39, 0.29) is 5.54 Å². The monoisotopic (exact) mass is 399 g/mol. The molecule has 2 saturated heterocycles. The van der Waals surface area contributed by atoms with Gasteiger partial charge in [0, 0.05) is 65.1 Å². The van der Waals surface area contributed by atoms with Gasteiger partial charge in [0.2, 0.25) is 0 Å². The Morgan fingerprint density at radius 2 is 1.83 bits per heavy atom. The van der Waals surface area contributed by atoms with Crippen molar-refractivity contribution in [2.75, 3.05) is 73.6 Å². The van der Waals surface area contributed by atoms with E-state index in [1.165, 1.54) is 5.56 Å². The zero-order valence-electron chi connectivity index (χ0n) is 18.3. The van der Waals surface area contributed by atoms with Crippen LogP contribution in [0.15, 0.2) is 41.4 Å². The fraction of sp³-hybridized carbons (Fsp3) is 0.609. The van der Waals surface area contributed by atoms with Crippen molar-refractivity contribution in [2.45, 2.75) is 18.4 Å². The first-order valence-electron chi connectivity index (χ1n) is 10.8. The Morgan fingerprint density at radius 1 is 1.14 bits per heavy atom. The molecule has 0 aromatic heterocycles. The van der Waals surface area contributed by atoms with Crippen LogP contribution in [0.5, 0.6) is 0 Å². The first-order valence-corrected chi connectivity index (χ1v) is 10.8. The third kappa shape index (κ3) is 6.04. The standard InChI is InChI=1S/C23H37N5O/c1-24-22(25-20-23(26(2)3)11-18-29-19-12-23)28-16-14-27(15-17-28)13-7-10-21-8-5-4-6-9-21/h4-10H,11-20H2,1-3H3,(H,24,25)/b10-7+. The molecular formula is C23H37N5O. The summed E-state index contributed by atoms with van der Waals surface area (Å²) in [5, 5.41) is 3.66. The normalized spacial score (nSPS) is 21.1. The van der Waals surface area contributed by atoms with Crippen LogP contribution in [0, 0.1) is 0 Å². The van der Waals surface area contributed by atoms with Crippen LogP contribution in [0.25, 0.3) is 6.08 Å². The Bertz CT molecular complexity index is 659. The van der Waals surface area contributed by atoms with Gasteiger partial charge in [-0.25, -0.2) is 0 Å². The van der Waals surface area contributed by atoms with Crippen molar-refractivity contribution in [3.8, 4) is 0 Å². The minimum atomic E-state index is 0.151. The molecule has 1 aromatic rings. The first-order chi connectivity index (χ1) is 14.1. The molecule has 0 atom stereocenters. The minimum Gasteiger partial charge on any atom is -0.381 e. The number of piperazine rings is 1. The predicted octanol–water partition coefficient (Wildman–Crippen LogP) is 2.00. The molecule has 0 saturated carbocycles. The van der Waals surface area contributed by atoms with Gasteiger partial charge in [-0.2, -0.15) is 0 Å². The maximum Gasteiger partial charge on any atom is 0.193 e. The molecule has 2 fully saturated rings. The third-order valence-electron chi connectivity index (χ3n) is 6.30. The molecule has 6 nitrogen and oxygen atoms in total. The van der Waals surface area contributed by atoms with Crippen LogP contribution in [0.1, 0.15) is 18.4 Å². The predicted molar refractivity (Wildman–Crippen MR) is 121 cm³/mol. The smallest absolute Gasteiger partial charge is 0.193 e. The summed E-state index contributed by atoms with van der Waals surface area (Å²) in [5.41, 5.74) is 1.41. The number of likely N-dealkylation sites (N-methyl/N-ethyl adjacent to an activating group) is 1. The lowest BCUT2D eigenvalue weighted by atomic mass is 9.88. The van der Waals surface area contributed by atoms with Gasteiger partial charge in [0.25, 0.3) is 0 Å². The molecule has 0 bridgehead atoms. The second-order valence-electron chi connectivity index (χ2n) is 8.23. The topological polar surface area (TPSA) is 43.3 Å². The van der Waals surface area contributed by atoms with E-state index < -0.39 is 0 Å². The fourth-order valence-electron chi connectivity index (χ4n) is 4.15. The van der Waals surface area contributed by atoms with Gasteiger partial charge in [0.05, 0.1) is 0 Å². The van der Waals surface area contributed by atoms with Crippen LogP contribution >= 0.6 is 0 Å². The average Bonchev–Trinajstić information content (AvgIpc) is 2.76. The van der Waals surface area contributed by atoms with Crippen LogP contribution in [-0.2, 0) is 4.74 Å². The Balaban J connectivity index is 1.45. The fourth-order valence-corrected chi connectivity index (χ4v) is 4.15. The van der Waals surface area contributed by atoms with Crippen LogP contribution in [-0.4, -0.2) is 99.8 Å². The zero-order valence-corrected chi connectivity index (χ0v) is 18.3. The molecule has 160 valence electrons. The van der Waals surface area contributed by atoms with Crippen LogP contribution in [0.2, 0.25) is 0 Å². The Labute approximate surface area is 176 Å². The molecule has 0 unspecified atom stereocenters. The molecule has 0 spiro atoms. The van der Waals surface area contributed by atoms with E-state index in [1.807, 2.05) is 7.05 Å². The van der Waals surface area contributed by atoms with Crippen molar-refractivity contribution in [1.82, 2.24) is 20.0 Å². The molecule has 0 radical (unpaired) electrons. The van der Waals surface area contributed by atoms with Gasteiger partial charge in [-0.3, -0.25) is 9.89 Å². The summed E-state index contributed by atoms with van der Waals surface area (Å²) in [7, 11) is 6.25. The van der Waals surface area contributed by atoms with Crippen molar-refractivity contribution in [1.29, 1.82) is 0 Å². The molecule has 2 heterocycles. The summed E-state index contributed by atoms with van der Waals surface area (Å²) in [6.45, 7) is 7.74. The highest BCUT2D eigenvalue weighted by Gasteiger charge is 2.35. The number of ether oxygens (including phenoxy) is 1. The Kier molecular flexibility index (Phi) is 8.09. The lowest BCUT2D eigenvalue weighted by molar-refractivity contribution is -0.00534. The number of nitrogens with zero attached hydrogens (tertiary/aromatic N) is 4. The molecule has 1 N–H and O–H groups in total. The lowest BCUT2D eigenvalue weighted by Crippen LogP contribution is -2.59. The van der Waals surface area contributed by atoms with Crippen LogP contribution < -0.4 is 5.32 Å². The van der Waals surface area contributed by atoms with E-state index in [4.69, 9.17) is 4.74 Å². The van der Waals surface area contributed by atoms with E-state index in [0.717, 1.165) is 71.3 Å². The Morgan fingerprint density at radius 3 is 2.45 bits per heavy atom. The molecule has 2 aliphatic rings. The van der Waals surface area contributed by atoms with Crippen molar-refractivity contribution in [3.05, 3.63) is 42.0 Å². The van der Waals surface area contributed by atoms with E-state index in [9.17, 15) is 0 Å². The molecular weight excluding hydrogens is 362 g/mol. The number of nitrogens with one attached hydrogen (secondary N) is 1. The summed E-state index contributed by atoms with van der Waals surface area (Å²) < 4.78 is 5.59. The minimum absolute atomic E-state index is 0.151. The van der Waals surface area contributed by atoms with Gasteiger partial charge in [-0.05, 0) is 32.5 Å². The van der Waals surface area contributed by atoms with Crippen molar-refractivity contribution >= 4 is 12.0 Å². The van der Waals surface area contributed by atoms with E-state index in [0.29, 0.717) is 0 Å². The molecule has 29 heavy (non-hydrogen) atoms. The van der Waals surface area contributed by atoms with Gasteiger partial charge < -0.3 is 19.9 Å². The van der Waals surface area contributed by atoms with Crippen LogP contribution in [0.4, 0.5) is 0 Å².